The van der Waals surface area contributed by atoms with E-state index < -0.39 is 0 Å². The van der Waals surface area contributed by atoms with Gasteiger partial charge in [-0.05, 0) is 19.1 Å². The predicted molar refractivity (Wildman–Crippen MR) is 84.8 cm³/mol. The summed E-state index contributed by atoms with van der Waals surface area (Å²) in [6.45, 7) is 5.03. The molecule has 1 rings (SSSR count). The third-order valence-corrected chi connectivity index (χ3v) is 3.68. The SMILES string of the molecule is COCCNCc1c(Cl)cccc1N(C)C(C)COC. The number of anilines is 1. The molecule has 20 heavy (non-hydrogen) atoms. The Labute approximate surface area is 127 Å². The Hall–Kier alpha value is -0.810. The van der Waals surface area contributed by atoms with E-state index in [0.717, 1.165) is 29.4 Å². The normalized spacial score (nSPS) is 12.4. The predicted octanol–water partition coefficient (Wildman–Crippen LogP) is 2.55. The first-order valence-corrected chi connectivity index (χ1v) is 7.18. The first-order chi connectivity index (χ1) is 9.61. The van der Waals surface area contributed by atoms with E-state index >= 15 is 0 Å². The first-order valence-electron chi connectivity index (χ1n) is 6.80. The number of halogens is 1. The number of rotatable bonds is 9. The Morgan fingerprint density at radius 3 is 2.70 bits per heavy atom. The second kappa shape index (κ2) is 9.19. The lowest BCUT2D eigenvalue weighted by Gasteiger charge is -2.29. The zero-order valence-corrected chi connectivity index (χ0v) is 13.5. The minimum absolute atomic E-state index is 0.288. The van der Waals surface area contributed by atoms with Crippen LogP contribution in [0.15, 0.2) is 18.2 Å². The Bertz CT molecular complexity index is 401. The van der Waals surface area contributed by atoms with Gasteiger partial charge in [0.25, 0.3) is 0 Å². The average Bonchev–Trinajstić information content (AvgIpc) is 2.44. The van der Waals surface area contributed by atoms with E-state index in [1.165, 1.54) is 0 Å². The summed E-state index contributed by atoms with van der Waals surface area (Å²) < 4.78 is 10.3. The van der Waals surface area contributed by atoms with Crippen LogP contribution in [-0.4, -0.2) is 47.1 Å². The van der Waals surface area contributed by atoms with Crippen LogP contribution in [0.1, 0.15) is 12.5 Å². The monoisotopic (exact) mass is 300 g/mol. The molecule has 0 fully saturated rings. The molecule has 1 aromatic rings. The van der Waals surface area contributed by atoms with Crippen LogP contribution >= 0.6 is 11.6 Å². The van der Waals surface area contributed by atoms with Crippen molar-refractivity contribution in [1.29, 1.82) is 0 Å². The maximum atomic E-state index is 6.34. The van der Waals surface area contributed by atoms with Gasteiger partial charge in [-0.1, -0.05) is 17.7 Å². The van der Waals surface area contributed by atoms with Gasteiger partial charge in [-0.3, -0.25) is 0 Å². The molecule has 0 heterocycles. The number of hydrogen-bond acceptors (Lipinski definition) is 4. The van der Waals surface area contributed by atoms with Crippen LogP contribution in [0.2, 0.25) is 5.02 Å². The summed E-state index contributed by atoms with van der Waals surface area (Å²) in [5.41, 5.74) is 2.24. The second-order valence-corrected chi connectivity index (χ2v) is 5.23. The van der Waals surface area contributed by atoms with Crippen molar-refractivity contribution in [3.8, 4) is 0 Å². The summed E-state index contributed by atoms with van der Waals surface area (Å²) in [5, 5.41) is 4.12. The zero-order valence-electron chi connectivity index (χ0n) is 12.8. The van der Waals surface area contributed by atoms with E-state index in [1.54, 1.807) is 14.2 Å². The molecule has 0 aliphatic heterocycles. The Balaban J connectivity index is 2.81. The molecule has 1 atom stereocenters. The van der Waals surface area contributed by atoms with Crippen molar-refractivity contribution in [1.82, 2.24) is 5.32 Å². The van der Waals surface area contributed by atoms with Crippen LogP contribution in [0, 0.1) is 0 Å². The second-order valence-electron chi connectivity index (χ2n) is 4.82. The van der Waals surface area contributed by atoms with Crippen molar-refractivity contribution in [2.45, 2.75) is 19.5 Å². The maximum absolute atomic E-state index is 6.34. The fraction of sp³-hybridized carbons (Fsp3) is 0.600. The molecule has 1 aromatic carbocycles. The number of hydrogen-bond donors (Lipinski definition) is 1. The molecule has 0 spiro atoms. The maximum Gasteiger partial charge on any atom is 0.0663 e. The standard InChI is InChI=1S/C15H25ClN2O2/c1-12(11-20-4)18(2)15-7-5-6-14(16)13(15)10-17-8-9-19-3/h5-7,12,17H,8-11H2,1-4H3. The highest BCUT2D eigenvalue weighted by molar-refractivity contribution is 6.31. The van der Waals surface area contributed by atoms with Gasteiger partial charge in [0, 0.05) is 56.7 Å². The number of ether oxygens (including phenoxy) is 2. The van der Waals surface area contributed by atoms with Crippen LogP contribution in [-0.2, 0) is 16.0 Å². The van der Waals surface area contributed by atoms with Crippen molar-refractivity contribution in [3.05, 3.63) is 28.8 Å². The average molecular weight is 301 g/mol. The van der Waals surface area contributed by atoms with Gasteiger partial charge >= 0.3 is 0 Å². The Morgan fingerprint density at radius 1 is 1.30 bits per heavy atom. The van der Waals surface area contributed by atoms with Crippen molar-refractivity contribution < 1.29 is 9.47 Å². The third kappa shape index (κ3) is 4.94. The minimum Gasteiger partial charge on any atom is -0.383 e. The van der Waals surface area contributed by atoms with E-state index in [-0.39, 0.29) is 6.04 Å². The van der Waals surface area contributed by atoms with Crippen LogP contribution < -0.4 is 10.2 Å². The van der Waals surface area contributed by atoms with Gasteiger partial charge in [0.1, 0.15) is 0 Å². The zero-order chi connectivity index (χ0) is 15.0. The molecule has 0 aromatic heterocycles. The number of nitrogens with one attached hydrogen (secondary N) is 1. The molecule has 4 nitrogen and oxygen atoms in total. The van der Waals surface area contributed by atoms with Crippen LogP contribution in [0.4, 0.5) is 5.69 Å². The van der Waals surface area contributed by atoms with Gasteiger partial charge in [-0.2, -0.15) is 0 Å². The molecule has 1 unspecified atom stereocenters. The number of likely N-dealkylation sites (N-methyl/N-ethyl adjacent to an activating group) is 1. The van der Waals surface area contributed by atoms with E-state index in [0.29, 0.717) is 13.2 Å². The van der Waals surface area contributed by atoms with E-state index in [2.05, 4.69) is 30.3 Å². The van der Waals surface area contributed by atoms with Gasteiger partial charge in [0.05, 0.1) is 13.2 Å². The topological polar surface area (TPSA) is 33.7 Å². The Kier molecular flexibility index (Phi) is 7.92. The fourth-order valence-electron chi connectivity index (χ4n) is 2.03. The molecule has 1 N–H and O–H groups in total. The van der Waals surface area contributed by atoms with E-state index in [9.17, 15) is 0 Å². The number of nitrogens with zero attached hydrogens (tertiary/aromatic N) is 1. The summed E-state index contributed by atoms with van der Waals surface area (Å²) in [7, 11) is 5.48. The van der Waals surface area contributed by atoms with Gasteiger partial charge in [0.15, 0.2) is 0 Å². The van der Waals surface area contributed by atoms with Crippen LogP contribution in [0.25, 0.3) is 0 Å². The lowest BCUT2D eigenvalue weighted by Crippen LogP contribution is -2.34. The smallest absolute Gasteiger partial charge is 0.0663 e. The van der Waals surface area contributed by atoms with E-state index in [1.807, 2.05) is 12.1 Å². The quantitative estimate of drug-likeness (QED) is 0.711. The van der Waals surface area contributed by atoms with Crippen molar-refractivity contribution in [2.75, 3.05) is 45.9 Å². The number of methoxy groups -OCH3 is 2. The van der Waals surface area contributed by atoms with Crippen LogP contribution in [0.5, 0.6) is 0 Å². The van der Waals surface area contributed by atoms with Gasteiger partial charge in [0.2, 0.25) is 0 Å². The Morgan fingerprint density at radius 2 is 2.05 bits per heavy atom. The number of benzene rings is 1. The van der Waals surface area contributed by atoms with Crippen molar-refractivity contribution in [2.24, 2.45) is 0 Å². The lowest BCUT2D eigenvalue weighted by molar-refractivity contribution is 0.183. The van der Waals surface area contributed by atoms with Crippen LogP contribution in [0.3, 0.4) is 0 Å². The highest BCUT2D eigenvalue weighted by Crippen LogP contribution is 2.28. The molecule has 0 saturated carbocycles. The van der Waals surface area contributed by atoms with E-state index in [4.69, 9.17) is 21.1 Å². The van der Waals surface area contributed by atoms with Crippen molar-refractivity contribution in [3.63, 3.8) is 0 Å². The van der Waals surface area contributed by atoms with Crippen molar-refractivity contribution >= 4 is 17.3 Å². The highest BCUT2D eigenvalue weighted by atomic mass is 35.5. The summed E-state index contributed by atoms with van der Waals surface area (Å²) in [6.07, 6.45) is 0. The molecule has 0 amide bonds. The third-order valence-electron chi connectivity index (χ3n) is 3.33. The summed E-state index contributed by atoms with van der Waals surface area (Å²) in [4.78, 5) is 2.20. The molecule has 0 aliphatic rings. The fourth-order valence-corrected chi connectivity index (χ4v) is 2.27. The highest BCUT2D eigenvalue weighted by Gasteiger charge is 2.15. The molecule has 114 valence electrons. The molecule has 0 radical (unpaired) electrons. The van der Waals surface area contributed by atoms with Gasteiger partial charge in [-0.15, -0.1) is 0 Å². The largest absolute Gasteiger partial charge is 0.383 e. The molecular weight excluding hydrogens is 276 g/mol. The molecule has 5 heteroatoms. The summed E-state index contributed by atoms with van der Waals surface area (Å²) in [6, 6.07) is 6.28. The molecule has 0 aliphatic carbocycles. The first kappa shape index (κ1) is 17.2. The van der Waals surface area contributed by atoms with Gasteiger partial charge in [-0.25, -0.2) is 0 Å². The molecule has 0 saturated heterocycles. The minimum atomic E-state index is 0.288. The van der Waals surface area contributed by atoms with Gasteiger partial charge < -0.3 is 19.7 Å². The molecule has 0 bridgehead atoms. The lowest BCUT2D eigenvalue weighted by atomic mass is 10.1. The summed E-state index contributed by atoms with van der Waals surface area (Å²) >= 11 is 6.34. The summed E-state index contributed by atoms with van der Waals surface area (Å²) in [5.74, 6) is 0. The molecular formula is C15H25ClN2O2.